The third kappa shape index (κ3) is 1.51. The zero-order valence-electron chi connectivity index (χ0n) is 6.80. The maximum Gasteiger partial charge on any atom is 0.128 e. The maximum atomic E-state index is 5.28. The third-order valence-corrected chi connectivity index (χ3v) is 4.99. The molecule has 0 saturated heterocycles. The van der Waals surface area contributed by atoms with Gasteiger partial charge in [-0.25, -0.2) is 0 Å². The molecule has 0 spiro atoms. The van der Waals surface area contributed by atoms with Gasteiger partial charge in [0.2, 0.25) is 0 Å². The maximum absolute atomic E-state index is 5.28. The molecule has 0 aliphatic rings. The van der Waals surface area contributed by atoms with Gasteiger partial charge in [-0.2, -0.15) is 0 Å². The van der Waals surface area contributed by atoms with Gasteiger partial charge in [0.15, 0.2) is 0 Å². The molecule has 2 rings (SSSR count). The number of hydrogen-bond donors (Lipinski definition) is 0. The molecule has 0 radical (unpaired) electrons. The smallest absolute Gasteiger partial charge is 0.128 e. The van der Waals surface area contributed by atoms with Crippen LogP contribution in [0.2, 0.25) is 0 Å². The van der Waals surface area contributed by atoms with Crippen molar-refractivity contribution < 1.29 is 4.74 Å². The van der Waals surface area contributed by atoms with Crippen molar-refractivity contribution in [1.82, 2.24) is 0 Å². The average Bonchev–Trinajstić information content (AvgIpc) is 2.60. The lowest BCUT2D eigenvalue weighted by Gasteiger charge is -2.04. The largest absolute Gasteiger partial charge is 0.496 e. The molecule has 0 aliphatic carbocycles. The zero-order valence-corrected chi connectivity index (χ0v) is 10.8. The summed E-state index contributed by atoms with van der Waals surface area (Å²) < 4.78 is 8.61. The van der Waals surface area contributed by atoms with E-state index in [1.165, 1.54) is 4.70 Å². The molecule has 0 bridgehead atoms. The summed E-state index contributed by atoms with van der Waals surface area (Å²) in [6.45, 7) is 0. The first-order chi connectivity index (χ1) is 6.24. The molecule has 1 aromatic heterocycles. The summed E-state index contributed by atoms with van der Waals surface area (Å²) in [5, 5.41) is 3.22. The molecular weight excluding hydrogens is 316 g/mol. The average molecular weight is 322 g/mol. The molecule has 1 heterocycles. The highest BCUT2D eigenvalue weighted by atomic mass is 79.9. The van der Waals surface area contributed by atoms with Crippen LogP contribution in [0, 0.1) is 0 Å². The topological polar surface area (TPSA) is 9.23 Å². The van der Waals surface area contributed by atoms with E-state index in [1.807, 2.05) is 6.07 Å². The number of thiophene rings is 1. The Balaban J connectivity index is 2.87. The van der Waals surface area contributed by atoms with E-state index >= 15 is 0 Å². The van der Waals surface area contributed by atoms with Gasteiger partial charge in [-0.15, -0.1) is 11.3 Å². The van der Waals surface area contributed by atoms with E-state index in [1.54, 1.807) is 18.4 Å². The van der Waals surface area contributed by atoms with Crippen LogP contribution in [-0.4, -0.2) is 7.11 Å². The second kappa shape index (κ2) is 3.59. The van der Waals surface area contributed by atoms with Gasteiger partial charge in [0.05, 0.1) is 11.8 Å². The number of fused-ring (bicyclic) bond motifs is 1. The van der Waals surface area contributed by atoms with Gasteiger partial charge in [-0.05, 0) is 49.4 Å². The van der Waals surface area contributed by atoms with Crippen LogP contribution in [0.3, 0.4) is 0 Å². The zero-order chi connectivity index (χ0) is 9.42. The molecule has 0 amide bonds. The number of ether oxygens (including phenoxy) is 1. The molecule has 0 saturated carbocycles. The number of benzene rings is 1. The molecular formula is C9H6Br2OS. The minimum absolute atomic E-state index is 0.909. The minimum atomic E-state index is 0.909. The van der Waals surface area contributed by atoms with Crippen LogP contribution in [0.4, 0.5) is 0 Å². The van der Waals surface area contributed by atoms with Gasteiger partial charge >= 0.3 is 0 Å². The fourth-order valence-corrected chi connectivity index (χ4v) is 3.20. The Morgan fingerprint density at radius 3 is 2.85 bits per heavy atom. The lowest BCUT2D eigenvalue weighted by molar-refractivity contribution is 0.419. The second-order valence-electron chi connectivity index (χ2n) is 2.54. The molecule has 0 unspecified atom stereocenters. The van der Waals surface area contributed by atoms with E-state index < -0.39 is 0 Å². The highest BCUT2D eigenvalue weighted by Crippen LogP contribution is 2.40. The highest BCUT2D eigenvalue weighted by Gasteiger charge is 2.09. The Kier molecular flexibility index (Phi) is 2.62. The molecule has 68 valence electrons. The van der Waals surface area contributed by atoms with E-state index in [-0.39, 0.29) is 0 Å². The molecule has 0 fully saturated rings. The summed E-state index contributed by atoms with van der Waals surface area (Å²) in [4.78, 5) is 0. The Bertz CT molecular complexity index is 450. The van der Waals surface area contributed by atoms with Crippen molar-refractivity contribution in [2.45, 2.75) is 0 Å². The van der Waals surface area contributed by atoms with Crippen LogP contribution in [0.1, 0.15) is 0 Å². The Morgan fingerprint density at radius 1 is 1.38 bits per heavy atom. The van der Waals surface area contributed by atoms with Crippen molar-refractivity contribution >= 4 is 53.3 Å². The number of rotatable bonds is 1. The highest BCUT2D eigenvalue weighted by molar-refractivity contribution is 9.13. The number of halogens is 2. The second-order valence-corrected chi connectivity index (χ2v) is 5.10. The van der Waals surface area contributed by atoms with E-state index in [2.05, 4.69) is 43.3 Å². The summed E-state index contributed by atoms with van der Waals surface area (Å²) in [6, 6.07) is 4.04. The van der Waals surface area contributed by atoms with Crippen LogP contribution < -0.4 is 4.74 Å². The van der Waals surface area contributed by atoms with Gasteiger partial charge in [-0.3, -0.25) is 0 Å². The van der Waals surface area contributed by atoms with Gasteiger partial charge in [0, 0.05) is 14.3 Å². The molecule has 0 aliphatic heterocycles. The van der Waals surface area contributed by atoms with Crippen molar-refractivity contribution in [1.29, 1.82) is 0 Å². The standard InChI is InChI=1S/C9H6Br2OS/c1-12-7-4-6(10)8(11)9-5(7)2-3-13-9/h2-4H,1H3. The third-order valence-electron chi connectivity index (χ3n) is 1.82. The lowest BCUT2D eigenvalue weighted by Crippen LogP contribution is -1.83. The summed E-state index contributed by atoms with van der Waals surface area (Å²) in [5.74, 6) is 0.909. The van der Waals surface area contributed by atoms with Crippen molar-refractivity contribution in [3.63, 3.8) is 0 Å². The Labute approximate surface area is 97.0 Å². The molecule has 0 atom stereocenters. The van der Waals surface area contributed by atoms with Gasteiger partial charge in [-0.1, -0.05) is 0 Å². The minimum Gasteiger partial charge on any atom is -0.496 e. The van der Waals surface area contributed by atoms with Gasteiger partial charge in [0.25, 0.3) is 0 Å². The molecule has 0 N–H and O–H groups in total. The fourth-order valence-electron chi connectivity index (χ4n) is 1.21. The van der Waals surface area contributed by atoms with Crippen LogP contribution >= 0.6 is 43.2 Å². The molecule has 1 aromatic carbocycles. The number of methoxy groups -OCH3 is 1. The SMILES string of the molecule is COc1cc(Br)c(Br)c2sccc12. The molecule has 2 aromatic rings. The van der Waals surface area contributed by atoms with Crippen molar-refractivity contribution in [3.8, 4) is 5.75 Å². The molecule has 4 heteroatoms. The normalized spacial score (nSPS) is 10.7. The molecule has 13 heavy (non-hydrogen) atoms. The Morgan fingerprint density at radius 2 is 2.15 bits per heavy atom. The van der Waals surface area contributed by atoms with E-state index in [0.717, 1.165) is 20.1 Å². The first-order valence-corrected chi connectivity index (χ1v) is 6.10. The predicted octanol–water partition coefficient (Wildman–Crippen LogP) is 4.43. The van der Waals surface area contributed by atoms with Gasteiger partial charge < -0.3 is 4.74 Å². The summed E-state index contributed by atoms with van der Waals surface area (Å²) in [5.41, 5.74) is 0. The van der Waals surface area contributed by atoms with Crippen molar-refractivity contribution in [2.24, 2.45) is 0 Å². The van der Waals surface area contributed by atoms with Gasteiger partial charge in [0.1, 0.15) is 5.75 Å². The quantitative estimate of drug-likeness (QED) is 0.754. The van der Waals surface area contributed by atoms with Crippen LogP contribution in [0.5, 0.6) is 5.75 Å². The predicted molar refractivity (Wildman–Crippen MR) is 63.8 cm³/mol. The first-order valence-electron chi connectivity index (χ1n) is 3.63. The lowest BCUT2D eigenvalue weighted by atomic mass is 10.2. The van der Waals surface area contributed by atoms with E-state index in [0.29, 0.717) is 0 Å². The number of hydrogen-bond acceptors (Lipinski definition) is 2. The monoisotopic (exact) mass is 320 g/mol. The van der Waals surface area contributed by atoms with Crippen LogP contribution in [0.25, 0.3) is 10.1 Å². The Hall–Kier alpha value is -0.0600. The first kappa shape index (κ1) is 9.49. The summed E-state index contributed by atoms with van der Waals surface area (Å²) in [6.07, 6.45) is 0. The van der Waals surface area contributed by atoms with Crippen LogP contribution in [-0.2, 0) is 0 Å². The van der Waals surface area contributed by atoms with Crippen molar-refractivity contribution in [2.75, 3.05) is 7.11 Å². The van der Waals surface area contributed by atoms with Crippen LogP contribution in [0.15, 0.2) is 26.5 Å². The molecule has 1 nitrogen and oxygen atoms in total. The van der Waals surface area contributed by atoms with Crippen molar-refractivity contribution in [3.05, 3.63) is 26.5 Å². The van der Waals surface area contributed by atoms with E-state index in [9.17, 15) is 0 Å². The van der Waals surface area contributed by atoms with E-state index in [4.69, 9.17) is 4.74 Å². The summed E-state index contributed by atoms with van der Waals surface area (Å²) in [7, 11) is 1.69. The summed E-state index contributed by atoms with van der Waals surface area (Å²) >= 11 is 8.70. The fraction of sp³-hybridized carbons (Fsp3) is 0.111.